The van der Waals surface area contributed by atoms with Gasteiger partial charge in [-0.05, 0) is 25.8 Å². The van der Waals surface area contributed by atoms with Gasteiger partial charge in [0, 0.05) is 45.9 Å². The van der Waals surface area contributed by atoms with Crippen molar-refractivity contribution in [1.29, 1.82) is 0 Å². The molecule has 2 rings (SSSR count). The highest BCUT2D eigenvalue weighted by molar-refractivity contribution is 7.86. The van der Waals surface area contributed by atoms with E-state index in [4.69, 9.17) is 4.74 Å². The Balaban J connectivity index is 2.03. The summed E-state index contributed by atoms with van der Waals surface area (Å²) in [5.74, 6) is 0. The monoisotopic (exact) mass is 277 g/mol. The average Bonchev–Trinajstić information content (AvgIpc) is 2.68. The first-order valence-electron chi connectivity index (χ1n) is 6.64. The second-order valence-electron chi connectivity index (χ2n) is 4.87. The fourth-order valence-corrected chi connectivity index (χ4v) is 4.10. The molecule has 2 fully saturated rings. The maximum Gasteiger partial charge on any atom is 0.282 e. The molecule has 0 aliphatic carbocycles. The lowest BCUT2D eigenvalue weighted by Gasteiger charge is -2.34. The average molecular weight is 277 g/mol. The molecule has 0 atom stereocenters. The van der Waals surface area contributed by atoms with Crippen molar-refractivity contribution in [3.8, 4) is 0 Å². The predicted octanol–water partition coefficient (Wildman–Crippen LogP) is -0.363. The molecule has 0 spiro atoms. The zero-order valence-corrected chi connectivity index (χ0v) is 11.8. The van der Waals surface area contributed by atoms with Crippen LogP contribution in [-0.2, 0) is 14.9 Å². The van der Waals surface area contributed by atoms with Crippen LogP contribution >= 0.6 is 0 Å². The van der Waals surface area contributed by atoms with Crippen molar-refractivity contribution < 1.29 is 13.2 Å². The lowest BCUT2D eigenvalue weighted by Crippen LogP contribution is -2.49. The van der Waals surface area contributed by atoms with Crippen LogP contribution in [0.4, 0.5) is 0 Å². The van der Waals surface area contributed by atoms with Crippen LogP contribution in [0.3, 0.4) is 0 Å². The summed E-state index contributed by atoms with van der Waals surface area (Å²) in [5, 5.41) is 3.22. The van der Waals surface area contributed by atoms with Crippen molar-refractivity contribution in [2.24, 2.45) is 0 Å². The highest BCUT2D eigenvalue weighted by Gasteiger charge is 2.32. The first kappa shape index (κ1) is 14.2. The molecule has 2 aliphatic rings. The van der Waals surface area contributed by atoms with Crippen LogP contribution in [0.5, 0.6) is 0 Å². The van der Waals surface area contributed by atoms with Gasteiger partial charge in [-0.3, -0.25) is 0 Å². The molecule has 0 amide bonds. The highest BCUT2D eigenvalue weighted by atomic mass is 32.2. The van der Waals surface area contributed by atoms with Gasteiger partial charge in [0.2, 0.25) is 0 Å². The van der Waals surface area contributed by atoms with Crippen LogP contribution in [-0.4, -0.2) is 69.5 Å². The van der Waals surface area contributed by atoms with Crippen molar-refractivity contribution in [3.05, 3.63) is 0 Å². The van der Waals surface area contributed by atoms with E-state index < -0.39 is 10.2 Å². The van der Waals surface area contributed by atoms with E-state index in [2.05, 4.69) is 5.32 Å². The molecule has 0 bridgehead atoms. The summed E-state index contributed by atoms with van der Waals surface area (Å²) < 4.78 is 33.5. The van der Waals surface area contributed by atoms with Gasteiger partial charge in [0.05, 0.1) is 0 Å². The molecule has 2 heterocycles. The van der Waals surface area contributed by atoms with Gasteiger partial charge in [-0.1, -0.05) is 0 Å². The molecule has 106 valence electrons. The van der Waals surface area contributed by atoms with Crippen LogP contribution in [0, 0.1) is 0 Å². The molecule has 0 aromatic rings. The fourth-order valence-electron chi connectivity index (χ4n) is 2.47. The van der Waals surface area contributed by atoms with Crippen molar-refractivity contribution in [3.63, 3.8) is 0 Å². The number of hydrogen-bond donors (Lipinski definition) is 1. The Morgan fingerprint density at radius 2 is 1.94 bits per heavy atom. The van der Waals surface area contributed by atoms with E-state index in [0.717, 1.165) is 32.4 Å². The summed E-state index contributed by atoms with van der Waals surface area (Å²) in [6.07, 6.45) is 2.46. The van der Waals surface area contributed by atoms with Gasteiger partial charge in [0.1, 0.15) is 0 Å². The number of nitrogens with one attached hydrogen (secondary N) is 1. The van der Waals surface area contributed by atoms with Gasteiger partial charge in [-0.15, -0.1) is 0 Å². The van der Waals surface area contributed by atoms with E-state index in [1.165, 1.54) is 0 Å². The zero-order chi connectivity index (χ0) is 13.0. The van der Waals surface area contributed by atoms with Gasteiger partial charge in [0.15, 0.2) is 0 Å². The topological polar surface area (TPSA) is 61.9 Å². The Labute approximate surface area is 109 Å². The normalized spacial score (nSPS) is 25.2. The van der Waals surface area contributed by atoms with E-state index in [1.807, 2.05) is 0 Å². The quantitative estimate of drug-likeness (QED) is 0.765. The summed E-state index contributed by atoms with van der Waals surface area (Å²) in [6.45, 7) is 4.13. The van der Waals surface area contributed by atoms with Crippen LogP contribution < -0.4 is 5.32 Å². The molecule has 18 heavy (non-hydrogen) atoms. The first-order chi connectivity index (χ1) is 8.62. The molecule has 2 aliphatic heterocycles. The summed E-state index contributed by atoms with van der Waals surface area (Å²) >= 11 is 0. The third-order valence-electron chi connectivity index (χ3n) is 3.69. The zero-order valence-electron chi connectivity index (χ0n) is 11.0. The van der Waals surface area contributed by atoms with Crippen molar-refractivity contribution in [1.82, 2.24) is 13.9 Å². The van der Waals surface area contributed by atoms with Crippen molar-refractivity contribution in [2.75, 3.05) is 46.4 Å². The summed E-state index contributed by atoms with van der Waals surface area (Å²) in [5.41, 5.74) is 0. The second-order valence-corrected chi connectivity index (χ2v) is 6.86. The standard InChI is InChI=1S/C11H23N3O3S/c1-13(11-3-9-17-10-4-11)18(15,16)14-7-2-5-12-6-8-14/h11-12H,2-10H2,1H3. The molecular formula is C11H23N3O3S. The van der Waals surface area contributed by atoms with E-state index in [1.54, 1.807) is 15.7 Å². The van der Waals surface area contributed by atoms with Gasteiger partial charge >= 0.3 is 0 Å². The Morgan fingerprint density at radius 1 is 1.22 bits per heavy atom. The first-order valence-corrected chi connectivity index (χ1v) is 8.03. The van der Waals surface area contributed by atoms with Crippen LogP contribution in [0.15, 0.2) is 0 Å². The number of ether oxygens (including phenoxy) is 1. The minimum Gasteiger partial charge on any atom is -0.381 e. The van der Waals surface area contributed by atoms with Gasteiger partial charge in [0.25, 0.3) is 10.2 Å². The van der Waals surface area contributed by atoms with E-state index in [-0.39, 0.29) is 6.04 Å². The van der Waals surface area contributed by atoms with Crippen LogP contribution in [0.2, 0.25) is 0 Å². The Kier molecular flexibility index (Phi) is 4.97. The van der Waals surface area contributed by atoms with Crippen LogP contribution in [0.1, 0.15) is 19.3 Å². The molecular weight excluding hydrogens is 254 g/mol. The molecule has 2 saturated heterocycles. The van der Waals surface area contributed by atoms with Gasteiger partial charge < -0.3 is 10.1 Å². The fraction of sp³-hybridized carbons (Fsp3) is 1.00. The number of rotatable bonds is 3. The molecule has 1 N–H and O–H groups in total. The maximum absolute atomic E-state index is 12.5. The van der Waals surface area contributed by atoms with Crippen molar-refractivity contribution >= 4 is 10.2 Å². The molecule has 0 radical (unpaired) electrons. The largest absolute Gasteiger partial charge is 0.381 e. The molecule has 0 unspecified atom stereocenters. The smallest absolute Gasteiger partial charge is 0.282 e. The Bertz CT molecular complexity index is 347. The van der Waals surface area contributed by atoms with E-state index in [9.17, 15) is 8.42 Å². The molecule has 0 aromatic carbocycles. The van der Waals surface area contributed by atoms with Crippen LogP contribution in [0.25, 0.3) is 0 Å². The lowest BCUT2D eigenvalue weighted by atomic mass is 10.1. The number of nitrogens with zero attached hydrogens (tertiary/aromatic N) is 2. The lowest BCUT2D eigenvalue weighted by molar-refractivity contribution is 0.0618. The molecule has 0 saturated carbocycles. The number of hydrogen-bond acceptors (Lipinski definition) is 4. The summed E-state index contributed by atoms with van der Waals surface area (Å²) in [7, 11) is -1.62. The molecule has 0 aromatic heterocycles. The third kappa shape index (κ3) is 3.21. The predicted molar refractivity (Wildman–Crippen MR) is 69.6 cm³/mol. The molecule has 7 heteroatoms. The highest BCUT2D eigenvalue weighted by Crippen LogP contribution is 2.19. The van der Waals surface area contributed by atoms with Gasteiger partial charge in [-0.2, -0.15) is 17.0 Å². The van der Waals surface area contributed by atoms with E-state index >= 15 is 0 Å². The molecule has 6 nitrogen and oxygen atoms in total. The summed E-state index contributed by atoms with van der Waals surface area (Å²) in [6, 6.07) is 0.0833. The SMILES string of the molecule is CN(C1CCOCC1)S(=O)(=O)N1CCCNCC1. The summed E-state index contributed by atoms with van der Waals surface area (Å²) in [4.78, 5) is 0. The van der Waals surface area contributed by atoms with Crippen molar-refractivity contribution in [2.45, 2.75) is 25.3 Å². The van der Waals surface area contributed by atoms with Gasteiger partial charge in [-0.25, -0.2) is 0 Å². The minimum atomic E-state index is -3.31. The Hall–Kier alpha value is -0.210. The minimum absolute atomic E-state index is 0.0833. The Morgan fingerprint density at radius 3 is 2.67 bits per heavy atom. The maximum atomic E-state index is 12.5. The second kappa shape index (κ2) is 6.29. The van der Waals surface area contributed by atoms with E-state index in [0.29, 0.717) is 26.3 Å². The third-order valence-corrected chi connectivity index (χ3v) is 5.74.